The summed E-state index contributed by atoms with van der Waals surface area (Å²) in [5.41, 5.74) is -2.04. The van der Waals surface area contributed by atoms with Crippen LogP contribution >= 0.6 is 0 Å². The minimum atomic E-state index is -1.06. The number of hydrogen-bond acceptors (Lipinski definition) is 4. The fourth-order valence-electron chi connectivity index (χ4n) is 0.345. The summed E-state index contributed by atoms with van der Waals surface area (Å²) in [5.74, 6) is 5.08. The van der Waals surface area contributed by atoms with Gasteiger partial charge in [0.1, 0.15) is 5.60 Å². The molecule has 0 atom stereocenters. The van der Waals surface area contributed by atoms with Gasteiger partial charge in [-0.25, -0.2) is 4.89 Å². The smallest absolute Gasteiger partial charge is 0.722 e. The van der Waals surface area contributed by atoms with E-state index in [1.165, 1.54) is 13.8 Å². The quantitative estimate of drug-likeness (QED) is 0.235. The normalized spacial score (nSPS) is 11.2. The van der Waals surface area contributed by atoms with E-state index >= 15 is 0 Å². The van der Waals surface area contributed by atoms with Gasteiger partial charge < -0.3 is 10.1 Å². The third kappa shape index (κ3) is 8.06. The standard InChI is InChI=1S/C8H14O4.K/c1-7(2,11-9)5-6-8(3,4)12-10;/h9-10H,1-4H3;/q;+1/p-1. The molecule has 0 aromatic heterocycles. The van der Waals surface area contributed by atoms with Gasteiger partial charge in [-0.2, -0.15) is 0 Å². The van der Waals surface area contributed by atoms with E-state index in [2.05, 4.69) is 21.6 Å². The van der Waals surface area contributed by atoms with Crippen LogP contribution in [0.4, 0.5) is 0 Å². The fourth-order valence-corrected chi connectivity index (χ4v) is 0.345. The van der Waals surface area contributed by atoms with Crippen LogP contribution in [0.3, 0.4) is 0 Å². The summed E-state index contributed by atoms with van der Waals surface area (Å²) < 4.78 is 0. The zero-order valence-corrected chi connectivity index (χ0v) is 11.8. The Balaban J connectivity index is 0. The van der Waals surface area contributed by atoms with Crippen molar-refractivity contribution in [1.82, 2.24) is 0 Å². The molecule has 0 fully saturated rings. The van der Waals surface area contributed by atoms with E-state index < -0.39 is 11.2 Å². The molecule has 1 N–H and O–H groups in total. The van der Waals surface area contributed by atoms with Crippen molar-refractivity contribution in [2.24, 2.45) is 0 Å². The molecule has 0 unspecified atom stereocenters. The van der Waals surface area contributed by atoms with E-state index in [1.54, 1.807) is 13.8 Å². The molecule has 0 rings (SSSR count). The van der Waals surface area contributed by atoms with Crippen molar-refractivity contribution in [3.8, 4) is 11.8 Å². The average molecular weight is 212 g/mol. The summed E-state index contributed by atoms with van der Waals surface area (Å²) in [6.45, 7) is 6.20. The van der Waals surface area contributed by atoms with E-state index in [4.69, 9.17) is 5.26 Å². The van der Waals surface area contributed by atoms with E-state index in [9.17, 15) is 5.26 Å². The molecule has 70 valence electrons. The third-order valence-electron chi connectivity index (χ3n) is 1.10. The second kappa shape index (κ2) is 6.51. The molecule has 0 saturated heterocycles. The summed E-state index contributed by atoms with van der Waals surface area (Å²) in [6.07, 6.45) is 0. The van der Waals surface area contributed by atoms with Gasteiger partial charge in [0, 0.05) is 0 Å². The zero-order valence-electron chi connectivity index (χ0n) is 8.67. The van der Waals surface area contributed by atoms with E-state index in [0.29, 0.717) is 0 Å². The first kappa shape index (κ1) is 16.5. The van der Waals surface area contributed by atoms with Gasteiger partial charge in [0.15, 0.2) is 5.60 Å². The van der Waals surface area contributed by atoms with E-state index in [1.807, 2.05) is 0 Å². The molecule has 13 heavy (non-hydrogen) atoms. The molecule has 4 nitrogen and oxygen atoms in total. The third-order valence-corrected chi connectivity index (χ3v) is 1.10. The maximum atomic E-state index is 10.1. The van der Waals surface area contributed by atoms with Crippen LogP contribution in [0.1, 0.15) is 27.7 Å². The molecule has 0 saturated carbocycles. The Morgan fingerprint density at radius 2 is 1.46 bits per heavy atom. The van der Waals surface area contributed by atoms with Gasteiger partial charge in [-0.15, -0.1) is 0 Å². The summed E-state index contributed by atoms with van der Waals surface area (Å²) >= 11 is 0. The van der Waals surface area contributed by atoms with Crippen molar-refractivity contribution < 1.29 is 71.7 Å². The Morgan fingerprint density at radius 1 is 1.08 bits per heavy atom. The first-order chi connectivity index (χ1) is 5.33. The largest absolute Gasteiger partial charge is 1.00 e. The van der Waals surface area contributed by atoms with Gasteiger partial charge in [-0.1, -0.05) is 11.8 Å². The molecule has 0 aromatic rings. The van der Waals surface area contributed by atoms with Gasteiger partial charge in [0.25, 0.3) is 0 Å². The van der Waals surface area contributed by atoms with Crippen LogP contribution in [0.5, 0.6) is 0 Å². The molecule has 0 spiro atoms. The second-order valence-corrected chi connectivity index (χ2v) is 3.45. The Hall–Kier alpha value is 1.04. The second-order valence-electron chi connectivity index (χ2n) is 3.45. The van der Waals surface area contributed by atoms with E-state index in [-0.39, 0.29) is 51.4 Å². The van der Waals surface area contributed by atoms with Gasteiger partial charge in [0.2, 0.25) is 0 Å². The first-order valence-corrected chi connectivity index (χ1v) is 3.51. The Morgan fingerprint density at radius 3 is 1.77 bits per heavy atom. The minimum absolute atomic E-state index is 0. The van der Waals surface area contributed by atoms with Gasteiger partial charge in [-0.3, -0.25) is 5.26 Å². The monoisotopic (exact) mass is 212 g/mol. The molecule has 0 aromatic carbocycles. The summed E-state index contributed by atoms with van der Waals surface area (Å²) in [6, 6.07) is 0. The van der Waals surface area contributed by atoms with Crippen LogP contribution in [0.2, 0.25) is 0 Å². The molecule has 0 radical (unpaired) electrons. The van der Waals surface area contributed by atoms with Crippen molar-refractivity contribution in [2.75, 3.05) is 0 Å². The van der Waals surface area contributed by atoms with Crippen LogP contribution in [0.15, 0.2) is 0 Å². The maximum Gasteiger partial charge on any atom is 1.00 e. The van der Waals surface area contributed by atoms with Crippen molar-refractivity contribution in [3.05, 3.63) is 0 Å². The van der Waals surface area contributed by atoms with Crippen molar-refractivity contribution in [2.45, 2.75) is 38.9 Å². The molecule has 5 heteroatoms. The van der Waals surface area contributed by atoms with Crippen LogP contribution in [-0.2, 0) is 9.78 Å². The van der Waals surface area contributed by atoms with Gasteiger partial charge in [-0.05, 0) is 27.7 Å². The first-order valence-electron chi connectivity index (χ1n) is 3.51. The SMILES string of the molecule is CC(C)(C#CC(C)(C)OO)O[O-].[K+]. The fraction of sp³-hybridized carbons (Fsp3) is 0.750. The molecular formula is C8H13KO4. The van der Waals surface area contributed by atoms with Crippen molar-refractivity contribution >= 4 is 0 Å². The predicted molar refractivity (Wildman–Crippen MR) is 40.7 cm³/mol. The molecule has 0 bridgehead atoms. The average Bonchev–Trinajstić information content (AvgIpc) is 2.02. The van der Waals surface area contributed by atoms with Crippen LogP contribution in [0.25, 0.3) is 0 Å². The Kier molecular flexibility index (Phi) is 8.24. The summed E-state index contributed by atoms with van der Waals surface area (Å²) in [5, 5.41) is 18.4. The summed E-state index contributed by atoms with van der Waals surface area (Å²) in [7, 11) is 0. The predicted octanol–water partition coefficient (Wildman–Crippen LogP) is -2.67. The van der Waals surface area contributed by atoms with E-state index in [0.717, 1.165) is 0 Å². The molecule has 0 amide bonds. The van der Waals surface area contributed by atoms with Crippen LogP contribution in [-0.4, -0.2) is 16.5 Å². The molecule has 0 heterocycles. The molecule has 0 aliphatic carbocycles. The molecule has 0 aliphatic rings. The zero-order chi connectivity index (χ0) is 9.83. The minimum Gasteiger partial charge on any atom is -0.722 e. The maximum absolute atomic E-state index is 10.1. The van der Waals surface area contributed by atoms with Crippen LogP contribution < -0.4 is 56.6 Å². The van der Waals surface area contributed by atoms with Gasteiger partial charge in [0.05, 0.1) is 0 Å². The van der Waals surface area contributed by atoms with Crippen molar-refractivity contribution in [1.29, 1.82) is 0 Å². The number of hydrogen-bond donors (Lipinski definition) is 1. The molecule has 0 aliphatic heterocycles. The number of rotatable bonds is 2. The molecular weight excluding hydrogens is 199 g/mol. The van der Waals surface area contributed by atoms with Crippen LogP contribution in [0, 0.1) is 11.8 Å². The Labute approximate surface area is 121 Å². The Bertz CT molecular complexity index is 182. The topological polar surface area (TPSA) is 61.8 Å². The van der Waals surface area contributed by atoms with Crippen molar-refractivity contribution in [3.63, 3.8) is 0 Å². The van der Waals surface area contributed by atoms with Gasteiger partial charge >= 0.3 is 51.4 Å². The summed E-state index contributed by atoms with van der Waals surface area (Å²) in [4.78, 5) is 7.86.